The van der Waals surface area contributed by atoms with E-state index in [1.165, 1.54) is 17.0 Å². The second-order valence-electron chi connectivity index (χ2n) is 8.34. The molecule has 2 aliphatic rings. The Kier molecular flexibility index (Phi) is 5.42. The largest absolute Gasteiger partial charge is 0.349 e. The van der Waals surface area contributed by atoms with E-state index in [1.54, 1.807) is 31.7 Å². The van der Waals surface area contributed by atoms with Crippen LogP contribution in [-0.2, 0) is 4.79 Å². The first kappa shape index (κ1) is 20.5. The Morgan fingerprint density at radius 3 is 2.34 bits per heavy atom. The van der Waals surface area contributed by atoms with E-state index in [-0.39, 0.29) is 35.7 Å². The molecule has 2 aliphatic heterocycles. The first-order valence-corrected chi connectivity index (χ1v) is 9.62. The summed E-state index contributed by atoms with van der Waals surface area (Å²) in [6.45, 7) is 6.34. The number of hydrogen-bond acceptors (Lipinski definition) is 5. The van der Waals surface area contributed by atoms with Gasteiger partial charge in [0.15, 0.2) is 0 Å². The fourth-order valence-corrected chi connectivity index (χ4v) is 3.71. The molecule has 8 heteroatoms. The molecule has 0 aliphatic carbocycles. The minimum atomic E-state index is -0.646. The standard InChI is InChI=1S/C21H24N4O4/c1-21(2,3)25-19(28)15-5-4-13(12-16(15)20(25)29)18(27)23-14-7-10-24(11-8-14)17(26)6-9-22/h4-5,12,14H,6-8,10-11H2,1-3H3,(H,23,27). The lowest BCUT2D eigenvalue weighted by Crippen LogP contribution is -2.46. The molecular formula is C21H24N4O4. The number of nitrogens with zero attached hydrogens (tertiary/aromatic N) is 3. The van der Waals surface area contributed by atoms with Crippen LogP contribution in [0.1, 0.15) is 71.1 Å². The number of rotatable bonds is 3. The predicted octanol–water partition coefficient (Wildman–Crippen LogP) is 1.72. The van der Waals surface area contributed by atoms with Gasteiger partial charge in [-0.15, -0.1) is 0 Å². The van der Waals surface area contributed by atoms with Crippen LogP contribution in [0.2, 0.25) is 0 Å². The number of imide groups is 1. The number of amides is 4. The fraction of sp³-hybridized carbons (Fsp3) is 0.476. The van der Waals surface area contributed by atoms with Gasteiger partial charge in [-0.05, 0) is 51.8 Å². The molecule has 0 aromatic heterocycles. The van der Waals surface area contributed by atoms with Gasteiger partial charge >= 0.3 is 0 Å². The summed E-state index contributed by atoms with van der Waals surface area (Å²) in [5.41, 5.74) is 0.232. The lowest BCUT2D eigenvalue weighted by Gasteiger charge is -2.32. The van der Waals surface area contributed by atoms with E-state index >= 15 is 0 Å². The van der Waals surface area contributed by atoms with Crippen LogP contribution in [0.5, 0.6) is 0 Å². The molecule has 1 N–H and O–H groups in total. The Labute approximate surface area is 169 Å². The first-order valence-electron chi connectivity index (χ1n) is 9.62. The van der Waals surface area contributed by atoms with E-state index < -0.39 is 11.4 Å². The smallest absolute Gasteiger partial charge is 0.262 e. The van der Waals surface area contributed by atoms with Crippen molar-refractivity contribution in [2.24, 2.45) is 0 Å². The zero-order valence-corrected chi connectivity index (χ0v) is 16.8. The van der Waals surface area contributed by atoms with Crippen LogP contribution in [0.3, 0.4) is 0 Å². The number of fused-ring (bicyclic) bond motifs is 1. The van der Waals surface area contributed by atoms with Crippen molar-refractivity contribution in [1.29, 1.82) is 5.26 Å². The Morgan fingerprint density at radius 1 is 1.14 bits per heavy atom. The van der Waals surface area contributed by atoms with Crippen molar-refractivity contribution in [2.45, 2.75) is 51.6 Å². The van der Waals surface area contributed by atoms with Crippen LogP contribution >= 0.6 is 0 Å². The van der Waals surface area contributed by atoms with E-state index in [2.05, 4.69) is 5.32 Å². The summed E-state index contributed by atoms with van der Waals surface area (Å²) in [5, 5.41) is 11.6. The van der Waals surface area contributed by atoms with Gasteiger partial charge in [-0.1, -0.05) is 0 Å². The maximum atomic E-state index is 12.7. The molecule has 0 saturated carbocycles. The van der Waals surface area contributed by atoms with Gasteiger partial charge in [0.2, 0.25) is 5.91 Å². The van der Waals surface area contributed by atoms with Crippen molar-refractivity contribution in [3.8, 4) is 6.07 Å². The maximum Gasteiger partial charge on any atom is 0.262 e. The van der Waals surface area contributed by atoms with Gasteiger partial charge < -0.3 is 10.2 Å². The monoisotopic (exact) mass is 396 g/mol. The highest BCUT2D eigenvalue weighted by Gasteiger charge is 2.42. The molecular weight excluding hydrogens is 372 g/mol. The fourth-order valence-electron chi connectivity index (χ4n) is 3.71. The van der Waals surface area contributed by atoms with Crippen LogP contribution in [0.25, 0.3) is 0 Å². The van der Waals surface area contributed by atoms with Gasteiger partial charge in [0, 0.05) is 30.2 Å². The second-order valence-corrected chi connectivity index (χ2v) is 8.34. The zero-order chi connectivity index (χ0) is 21.3. The third kappa shape index (κ3) is 3.99. The van der Waals surface area contributed by atoms with E-state index in [0.29, 0.717) is 37.1 Å². The molecule has 8 nitrogen and oxygen atoms in total. The van der Waals surface area contributed by atoms with Crippen molar-refractivity contribution >= 4 is 23.6 Å². The molecule has 1 aromatic rings. The predicted molar refractivity (Wildman–Crippen MR) is 104 cm³/mol. The lowest BCUT2D eigenvalue weighted by atomic mass is 10.0. The minimum Gasteiger partial charge on any atom is -0.349 e. The molecule has 3 rings (SSSR count). The number of piperidine rings is 1. The van der Waals surface area contributed by atoms with Gasteiger partial charge in [0.05, 0.1) is 17.2 Å². The van der Waals surface area contributed by atoms with Gasteiger partial charge in [-0.3, -0.25) is 24.1 Å². The zero-order valence-electron chi connectivity index (χ0n) is 16.8. The molecule has 0 spiro atoms. The topological polar surface area (TPSA) is 111 Å². The molecule has 2 heterocycles. The molecule has 0 bridgehead atoms. The number of likely N-dealkylation sites (tertiary alicyclic amines) is 1. The van der Waals surface area contributed by atoms with Crippen molar-refractivity contribution < 1.29 is 19.2 Å². The molecule has 0 radical (unpaired) electrons. The Balaban J connectivity index is 1.67. The molecule has 152 valence electrons. The molecule has 1 saturated heterocycles. The summed E-state index contributed by atoms with van der Waals surface area (Å²) >= 11 is 0. The average Bonchev–Trinajstić information content (AvgIpc) is 2.92. The van der Waals surface area contributed by atoms with E-state index in [4.69, 9.17) is 5.26 Å². The van der Waals surface area contributed by atoms with Crippen molar-refractivity contribution in [2.75, 3.05) is 13.1 Å². The SMILES string of the molecule is CC(C)(C)N1C(=O)c2ccc(C(=O)NC3CCN(C(=O)CC#N)CC3)cc2C1=O. The number of nitrogens with one attached hydrogen (secondary N) is 1. The number of carbonyl (C=O) groups excluding carboxylic acids is 4. The van der Waals surface area contributed by atoms with Crippen molar-refractivity contribution in [1.82, 2.24) is 15.1 Å². The summed E-state index contributed by atoms with van der Waals surface area (Å²) in [5.74, 6) is -1.25. The van der Waals surface area contributed by atoms with E-state index in [0.717, 1.165) is 0 Å². The first-order chi connectivity index (χ1) is 13.6. The lowest BCUT2D eigenvalue weighted by molar-refractivity contribution is -0.131. The summed E-state index contributed by atoms with van der Waals surface area (Å²) in [7, 11) is 0. The third-order valence-electron chi connectivity index (χ3n) is 5.23. The van der Waals surface area contributed by atoms with Crippen molar-refractivity contribution in [3.63, 3.8) is 0 Å². The highest BCUT2D eigenvalue weighted by molar-refractivity contribution is 6.22. The summed E-state index contributed by atoms with van der Waals surface area (Å²) < 4.78 is 0. The highest BCUT2D eigenvalue weighted by Crippen LogP contribution is 2.30. The second kappa shape index (κ2) is 7.66. The highest BCUT2D eigenvalue weighted by atomic mass is 16.2. The maximum absolute atomic E-state index is 12.7. The normalized spacial score (nSPS) is 17.2. The van der Waals surface area contributed by atoms with Crippen LogP contribution in [0.15, 0.2) is 18.2 Å². The van der Waals surface area contributed by atoms with Crippen LogP contribution in [-0.4, -0.2) is 58.1 Å². The van der Waals surface area contributed by atoms with Crippen LogP contribution in [0, 0.1) is 11.3 Å². The molecule has 0 atom stereocenters. The quantitative estimate of drug-likeness (QED) is 0.782. The summed E-state index contributed by atoms with van der Waals surface area (Å²) in [4.78, 5) is 52.5. The molecule has 4 amide bonds. The van der Waals surface area contributed by atoms with Crippen molar-refractivity contribution in [3.05, 3.63) is 34.9 Å². The molecule has 1 aromatic carbocycles. The summed E-state index contributed by atoms with van der Waals surface area (Å²) in [6.07, 6.45) is 1.07. The van der Waals surface area contributed by atoms with E-state index in [9.17, 15) is 19.2 Å². The number of carbonyl (C=O) groups is 4. The van der Waals surface area contributed by atoms with Gasteiger partial charge in [-0.25, -0.2) is 0 Å². The Bertz CT molecular complexity index is 918. The van der Waals surface area contributed by atoms with Gasteiger partial charge in [0.25, 0.3) is 17.7 Å². The van der Waals surface area contributed by atoms with E-state index in [1.807, 2.05) is 6.07 Å². The average molecular weight is 396 g/mol. The molecule has 29 heavy (non-hydrogen) atoms. The Hall–Kier alpha value is -3.21. The minimum absolute atomic E-state index is 0.0923. The number of nitriles is 1. The van der Waals surface area contributed by atoms with Gasteiger partial charge in [-0.2, -0.15) is 5.26 Å². The number of benzene rings is 1. The third-order valence-corrected chi connectivity index (χ3v) is 5.23. The summed E-state index contributed by atoms with van der Waals surface area (Å²) in [6, 6.07) is 6.32. The molecule has 0 unspecified atom stereocenters. The number of hydrogen-bond donors (Lipinski definition) is 1. The van der Waals surface area contributed by atoms with Crippen LogP contribution in [0.4, 0.5) is 0 Å². The Morgan fingerprint density at radius 2 is 1.76 bits per heavy atom. The van der Waals surface area contributed by atoms with Gasteiger partial charge in [0.1, 0.15) is 6.42 Å². The van der Waals surface area contributed by atoms with Crippen LogP contribution < -0.4 is 5.32 Å². The molecule has 1 fully saturated rings.